The molecule has 23 heavy (non-hydrogen) atoms. The summed E-state index contributed by atoms with van der Waals surface area (Å²) < 4.78 is 13.9. The summed E-state index contributed by atoms with van der Waals surface area (Å²) in [6, 6.07) is 16.6. The Labute approximate surface area is 136 Å². The summed E-state index contributed by atoms with van der Waals surface area (Å²) >= 11 is 1.55. The maximum Gasteiger partial charge on any atom is 0.146 e. The molecule has 0 atom stereocenters. The molecule has 0 saturated carbocycles. The number of nitrogens with one attached hydrogen (secondary N) is 1. The van der Waals surface area contributed by atoms with Gasteiger partial charge in [-0.2, -0.15) is 0 Å². The van der Waals surface area contributed by atoms with Crippen LogP contribution in [0.4, 0.5) is 15.9 Å². The minimum atomic E-state index is -0.309. The molecule has 0 aliphatic carbocycles. The molecule has 0 aliphatic rings. The van der Waals surface area contributed by atoms with Gasteiger partial charge < -0.3 is 5.32 Å². The maximum atomic E-state index is 13.9. The molecule has 0 spiro atoms. The lowest BCUT2D eigenvalue weighted by molar-refractivity contribution is 0.632. The summed E-state index contributed by atoms with van der Waals surface area (Å²) in [6.07, 6.45) is 1.50. The standard InChI is InChI=1S/C18H12FN3S/c19-14-8-4-5-9-15(14)22-17-16-13(12-6-2-1-3-7-12)10-23-18(16)21-11-20-17/h1-11H,(H,20,21,22). The van der Waals surface area contributed by atoms with Crippen molar-refractivity contribution in [2.45, 2.75) is 0 Å². The van der Waals surface area contributed by atoms with Gasteiger partial charge in [-0.1, -0.05) is 42.5 Å². The van der Waals surface area contributed by atoms with E-state index in [1.54, 1.807) is 29.5 Å². The summed E-state index contributed by atoms with van der Waals surface area (Å²) in [6.45, 7) is 0. The van der Waals surface area contributed by atoms with Crippen molar-refractivity contribution in [3.63, 3.8) is 0 Å². The molecular weight excluding hydrogens is 309 g/mol. The van der Waals surface area contributed by atoms with Gasteiger partial charge in [0.25, 0.3) is 0 Å². The molecule has 4 aromatic rings. The number of fused-ring (bicyclic) bond motifs is 1. The fraction of sp³-hybridized carbons (Fsp3) is 0. The number of thiophene rings is 1. The van der Waals surface area contributed by atoms with E-state index in [-0.39, 0.29) is 5.82 Å². The van der Waals surface area contributed by atoms with Gasteiger partial charge in [0.15, 0.2) is 0 Å². The first-order valence-corrected chi connectivity index (χ1v) is 8.00. The van der Waals surface area contributed by atoms with Crippen molar-refractivity contribution in [2.75, 3.05) is 5.32 Å². The van der Waals surface area contributed by atoms with Gasteiger partial charge in [0.1, 0.15) is 22.8 Å². The molecule has 2 aromatic heterocycles. The van der Waals surface area contributed by atoms with Crippen LogP contribution >= 0.6 is 11.3 Å². The highest BCUT2D eigenvalue weighted by atomic mass is 32.1. The SMILES string of the molecule is Fc1ccccc1Nc1ncnc2scc(-c3ccccc3)c12. The van der Waals surface area contributed by atoms with Crippen molar-refractivity contribution in [1.29, 1.82) is 0 Å². The van der Waals surface area contributed by atoms with E-state index in [0.717, 1.165) is 21.3 Å². The number of benzene rings is 2. The Morgan fingerprint density at radius 1 is 0.913 bits per heavy atom. The monoisotopic (exact) mass is 321 g/mol. The normalized spacial score (nSPS) is 10.8. The minimum absolute atomic E-state index is 0.309. The largest absolute Gasteiger partial charge is 0.337 e. The fourth-order valence-electron chi connectivity index (χ4n) is 2.49. The Hall–Kier alpha value is -2.79. The predicted octanol–water partition coefficient (Wildman–Crippen LogP) is 5.24. The Kier molecular flexibility index (Phi) is 3.48. The highest BCUT2D eigenvalue weighted by Crippen LogP contribution is 2.37. The molecule has 4 rings (SSSR count). The number of halogens is 1. The molecule has 3 nitrogen and oxygen atoms in total. The highest BCUT2D eigenvalue weighted by molar-refractivity contribution is 7.17. The van der Waals surface area contributed by atoms with Crippen LogP contribution in [-0.2, 0) is 0 Å². The molecule has 112 valence electrons. The first-order chi connectivity index (χ1) is 11.3. The molecule has 0 unspecified atom stereocenters. The van der Waals surface area contributed by atoms with Crippen LogP contribution in [-0.4, -0.2) is 9.97 Å². The van der Waals surface area contributed by atoms with Gasteiger partial charge in [-0.25, -0.2) is 14.4 Å². The van der Waals surface area contributed by atoms with Crippen molar-refractivity contribution in [3.8, 4) is 11.1 Å². The van der Waals surface area contributed by atoms with Gasteiger partial charge in [-0.05, 0) is 17.7 Å². The second-order valence-corrected chi connectivity index (χ2v) is 5.88. The molecule has 0 radical (unpaired) electrons. The van der Waals surface area contributed by atoms with Crippen LogP contribution in [0.2, 0.25) is 0 Å². The van der Waals surface area contributed by atoms with Gasteiger partial charge >= 0.3 is 0 Å². The Bertz CT molecular complexity index is 966. The Balaban J connectivity index is 1.87. The smallest absolute Gasteiger partial charge is 0.146 e. The van der Waals surface area contributed by atoms with E-state index in [1.807, 2.05) is 30.3 Å². The molecule has 0 bridgehead atoms. The average Bonchev–Trinajstić information content (AvgIpc) is 3.03. The third-order valence-electron chi connectivity index (χ3n) is 3.58. The van der Waals surface area contributed by atoms with E-state index in [1.165, 1.54) is 12.4 Å². The quantitative estimate of drug-likeness (QED) is 0.560. The van der Waals surface area contributed by atoms with Gasteiger partial charge in [-0.15, -0.1) is 11.3 Å². The van der Waals surface area contributed by atoms with E-state index >= 15 is 0 Å². The highest BCUT2D eigenvalue weighted by Gasteiger charge is 2.14. The second-order valence-electron chi connectivity index (χ2n) is 5.02. The van der Waals surface area contributed by atoms with Gasteiger partial charge in [0, 0.05) is 10.9 Å². The van der Waals surface area contributed by atoms with E-state index in [0.29, 0.717) is 11.5 Å². The van der Waals surface area contributed by atoms with Gasteiger partial charge in [0.2, 0.25) is 0 Å². The summed E-state index contributed by atoms with van der Waals surface area (Å²) in [5.41, 5.74) is 2.54. The van der Waals surface area contributed by atoms with Crippen molar-refractivity contribution in [2.24, 2.45) is 0 Å². The van der Waals surface area contributed by atoms with E-state index in [4.69, 9.17) is 0 Å². The number of rotatable bonds is 3. The zero-order chi connectivity index (χ0) is 15.6. The van der Waals surface area contributed by atoms with Crippen molar-refractivity contribution in [1.82, 2.24) is 9.97 Å². The zero-order valence-corrected chi connectivity index (χ0v) is 12.8. The first kappa shape index (κ1) is 13.8. The Morgan fingerprint density at radius 2 is 1.70 bits per heavy atom. The summed E-state index contributed by atoms with van der Waals surface area (Å²) in [4.78, 5) is 9.52. The average molecular weight is 321 g/mol. The lowest BCUT2D eigenvalue weighted by Gasteiger charge is -2.09. The zero-order valence-electron chi connectivity index (χ0n) is 12.0. The number of nitrogens with zero attached hydrogens (tertiary/aromatic N) is 2. The Morgan fingerprint density at radius 3 is 2.52 bits per heavy atom. The van der Waals surface area contributed by atoms with E-state index < -0.39 is 0 Å². The van der Waals surface area contributed by atoms with E-state index in [9.17, 15) is 4.39 Å². The fourth-order valence-corrected chi connectivity index (χ4v) is 3.41. The molecule has 2 aromatic carbocycles. The lowest BCUT2D eigenvalue weighted by Crippen LogP contribution is -1.97. The molecule has 0 saturated heterocycles. The molecule has 1 N–H and O–H groups in total. The summed E-state index contributed by atoms with van der Waals surface area (Å²) in [5, 5.41) is 6.06. The van der Waals surface area contributed by atoms with Gasteiger partial charge in [-0.3, -0.25) is 0 Å². The first-order valence-electron chi connectivity index (χ1n) is 7.12. The number of aromatic nitrogens is 2. The molecular formula is C18H12FN3S. The van der Waals surface area contributed by atoms with Crippen molar-refractivity contribution in [3.05, 3.63) is 72.1 Å². The molecule has 0 fully saturated rings. The van der Waals surface area contributed by atoms with Crippen LogP contribution in [0.5, 0.6) is 0 Å². The van der Waals surface area contributed by atoms with Crippen molar-refractivity contribution >= 4 is 33.1 Å². The third-order valence-corrected chi connectivity index (χ3v) is 4.47. The summed E-state index contributed by atoms with van der Waals surface area (Å²) in [5.74, 6) is 0.302. The van der Waals surface area contributed by atoms with Crippen LogP contribution in [0, 0.1) is 5.82 Å². The predicted molar refractivity (Wildman–Crippen MR) is 92.5 cm³/mol. The number of hydrogen-bond acceptors (Lipinski definition) is 4. The lowest BCUT2D eigenvalue weighted by atomic mass is 10.1. The van der Waals surface area contributed by atoms with Crippen LogP contribution in [0.3, 0.4) is 0 Å². The van der Waals surface area contributed by atoms with Crippen LogP contribution in [0.15, 0.2) is 66.3 Å². The second kappa shape index (κ2) is 5.78. The molecule has 0 aliphatic heterocycles. The molecule has 0 amide bonds. The molecule has 2 heterocycles. The van der Waals surface area contributed by atoms with Crippen LogP contribution in [0.1, 0.15) is 0 Å². The van der Waals surface area contributed by atoms with Crippen LogP contribution < -0.4 is 5.32 Å². The minimum Gasteiger partial charge on any atom is -0.337 e. The third kappa shape index (κ3) is 2.55. The van der Waals surface area contributed by atoms with Crippen LogP contribution in [0.25, 0.3) is 21.3 Å². The van der Waals surface area contributed by atoms with E-state index in [2.05, 4.69) is 20.7 Å². The summed E-state index contributed by atoms with van der Waals surface area (Å²) in [7, 11) is 0. The number of anilines is 2. The number of para-hydroxylation sites is 1. The van der Waals surface area contributed by atoms with Crippen molar-refractivity contribution < 1.29 is 4.39 Å². The topological polar surface area (TPSA) is 37.8 Å². The maximum absolute atomic E-state index is 13.9. The van der Waals surface area contributed by atoms with Gasteiger partial charge in [0.05, 0.1) is 11.1 Å². The number of hydrogen-bond donors (Lipinski definition) is 1. The molecule has 5 heteroatoms.